The van der Waals surface area contributed by atoms with Gasteiger partial charge in [-0.3, -0.25) is 4.90 Å². The van der Waals surface area contributed by atoms with Gasteiger partial charge in [0.2, 0.25) is 0 Å². The summed E-state index contributed by atoms with van der Waals surface area (Å²) in [4.78, 5) is 2.76. The first-order valence-corrected chi connectivity index (χ1v) is 7.22. The van der Waals surface area contributed by atoms with Crippen LogP contribution >= 0.6 is 0 Å². The minimum Gasteiger partial charge on any atom is -0.311 e. The summed E-state index contributed by atoms with van der Waals surface area (Å²) in [6.07, 6.45) is 5.54. The zero-order valence-electron chi connectivity index (χ0n) is 11.2. The third kappa shape index (κ3) is 2.98. The van der Waals surface area contributed by atoms with E-state index in [0.29, 0.717) is 0 Å². The fourth-order valence-electron chi connectivity index (χ4n) is 3.01. The molecule has 2 aliphatic rings. The fraction of sp³-hybridized carbons (Fsp3) is 1.00. The third-order valence-electron chi connectivity index (χ3n) is 4.53. The quantitative estimate of drug-likeness (QED) is 0.772. The Morgan fingerprint density at radius 2 is 2.00 bits per heavy atom. The van der Waals surface area contributed by atoms with Gasteiger partial charge in [-0.1, -0.05) is 20.8 Å². The van der Waals surface area contributed by atoms with Gasteiger partial charge in [-0.2, -0.15) is 0 Å². The molecule has 0 bridgehead atoms. The first-order valence-electron chi connectivity index (χ1n) is 7.22. The third-order valence-corrected chi connectivity index (χ3v) is 4.53. The molecule has 0 radical (unpaired) electrons. The monoisotopic (exact) mass is 224 g/mol. The van der Waals surface area contributed by atoms with Crippen LogP contribution in [0.5, 0.6) is 0 Å². The predicted octanol–water partition coefficient (Wildman–Crippen LogP) is 2.49. The molecule has 2 heteroatoms. The first-order chi connectivity index (χ1) is 7.74. The molecule has 16 heavy (non-hydrogen) atoms. The predicted molar refractivity (Wildman–Crippen MR) is 69.6 cm³/mol. The SMILES string of the molecule is CCC1CN(CC(C)C2CC2)C(CC)CN1. The molecule has 0 aromatic rings. The lowest BCUT2D eigenvalue weighted by Crippen LogP contribution is -2.56. The topological polar surface area (TPSA) is 15.3 Å². The average Bonchev–Trinajstić information content (AvgIpc) is 3.12. The molecule has 1 aliphatic carbocycles. The van der Waals surface area contributed by atoms with Crippen molar-refractivity contribution in [3.8, 4) is 0 Å². The maximum absolute atomic E-state index is 3.68. The Kier molecular flexibility index (Phi) is 4.26. The summed E-state index contributed by atoms with van der Waals surface area (Å²) in [6.45, 7) is 10.9. The molecule has 2 rings (SSSR count). The second kappa shape index (κ2) is 5.50. The number of nitrogens with zero attached hydrogens (tertiary/aromatic N) is 1. The number of rotatable bonds is 5. The van der Waals surface area contributed by atoms with Gasteiger partial charge in [0.05, 0.1) is 0 Å². The minimum absolute atomic E-state index is 0.731. The molecular formula is C14H28N2. The van der Waals surface area contributed by atoms with Crippen molar-refractivity contribution in [3.63, 3.8) is 0 Å². The Morgan fingerprint density at radius 1 is 1.25 bits per heavy atom. The summed E-state index contributed by atoms with van der Waals surface area (Å²) < 4.78 is 0. The van der Waals surface area contributed by atoms with E-state index in [1.165, 1.54) is 45.3 Å². The smallest absolute Gasteiger partial charge is 0.0218 e. The van der Waals surface area contributed by atoms with Crippen molar-refractivity contribution < 1.29 is 0 Å². The van der Waals surface area contributed by atoms with Gasteiger partial charge in [-0.15, -0.1) is 0 Å². The second-order valence-electron chi connectivity index (χ2n) is 5.84. The molecule has 1 heterocycles. The lowest BCUT2D eigenvalue weighted by atomic mass is 10.0. The van der Waals surface area contributed by atoms with Crippen LogP contribution in [0.2, 0.25) is 0 Å². The standard InChI is InChI=1S/C14H28N2/c1-4-13-10-16(14(5-2)8-15-13)9-11(3)12-6-7-12/h11-15H,4-10H2,1-3H3. The van der Waals surface area contributed by atoms with Crippen LogP contribution in [0.1, 0.15) is 46.5 Å². The van der Waals surface area contributed by atoms with E-state index in [9.17, 15) is 0 Å². The van der Waals surface area contributed by atoms with Gasteiger partial charge in [0, 0.05) is 31.7 Å². The summed E-state index contributed by atoms with van der Waals surface area (Å²) in [7, 11) is 0. The molecule has 0 aromatic carbocycles. The van der Waals surface area contributed by atoms with Gasteiger partial charge in [0.1, 0.15) is 0 Å². The van der Waals surface area contributed by atoms with Crippen molar-refractivity contribution >= 4 is 0 Å². The Balaban J connectivity index is 1.86. The molecule has 0 amide bonds. The number of nitrogens with one attached hydrogen (secondary N) is 1. The summed E-state index contributed by atoms with van der Waals surface area (Å²) in [5.41, 5.74) is 0. The molecule has 1 aliphatic heterocycles. The summed E-state index contributed by atoms with van der Waals surface area (Å²) in [5.74, 6) is 1.97. The van der Waals surface area contributed by atoms with Crippen molar-refractivity contribution in [1.29, 1.82) is 0 Å². The highest BCUT2D eigenvalue weighted by atomic mass is 15.2. The van der Waals surface area contributed by atoms with E-state index >= 15 is 0 Å². The Morgan fingerprint density at radius 3 is 2.56 bits per heavy atom. The minimum atomic E-state index is 0.731. The Hall–Kier alpha value is -0.0800. The molecule has 2 nitrogen and oxygen atoms in total. The van der Waals surface area contributed by atoms with E-state index in [4.69, 9.17) is 0 Å². The van der Waals surface area contributed by atoms with E-state index in [1.807, 2.05) is 0 Å². The van der Waals surface area contributed by atoms with Crippen LogP contribution < -0.4 is 5.32 Å². The summed E-state index contributed by atoms with van der Waals surface area (Å²) >= 11 is 0. The van der Waals surface area contributed by atoms with Crippen molar-refractivity contribution in [3.05, 3.63) is 0 Å². The van der Waals surface area contributed by atoms with Crippen molar-refractivity contribution in [2.45, 2.75) is 58.5 Å². The van der Waals surface area contributed by atoms with E-state index in [0.717, 1.165) is 23.9 Å². The largest absolute Gasteiger partial charge is 0.311 e. The average molecular weight is 224 g/mol. The number of hydrogen-bond donors (Lipinski definition) is 1. The molecule has 0 spiro atoms. The van der Waals surface area contributed by atoms with Crippen molar-refractivity contribution in [2.24, 2.45) is 11.8 Å². The van der Waals surface area contributed by atoms with Gasteiger partial charge >= 0.3 is 0 Å². The molecular weight excluding hydrogens is 196 g/mol. The maximum Gasteiger partial charge on any atom is 0.0218 e. The highest BCUT2D eigenvalue weighted by Gasteiger charge is 2.32. The van der Waals surface area contributed by atoms with Crippen molar-refractivity contribution in [1.82, 2.24) is 10.2 Å². The molecule has 1 saturated heterocycles. The van der Waals surface area contributed by atoms with Crippen LogP contribution in [0.3, 0.4) is 0 Å². The fourth-order valence-corrected chi connectivity index (χ4v) is 3.01. The Bertz CT molecular complexity index is 213. The van der Waals surface area contributed by atoms with Crippen molar-refractivity contribution in [2.75, 3.05) is 19.6 Å². The molecule has 3 atom stereocenters. The van der Waals surface area contributed by atoms with Gasteiger partial charge in [-0.05, 0) is 37.5 Å². The van der Waals surface area contributed by atoms with Gasteiger partial charge in [-0.25, -0.2) is 0 Å². The van der Waals surface area contributed by atoms with Crippen LogP contribution in [0.15, 0.2) is 0 Å². The van der Waals surface area contributed by atoms with Crippen LogP contribution in [-0.2, 0) is 0 Å². The van der Waals surface area contributed by atoms with Crippen LogP contribution in [-0.4, -0.2) is 36.6 Å². The number of hydrogen-bond acceptors (Lipinski definition) is 2. The molecule has 1 saturated carbocycles. The summed E-state index contributed by atoms with van der Waals surface area (Å²) in [5, 5.41) is 3.68. The van der Waals surface area contributed by atoms with E-state index < -0.39 is 0 Å². The highest BCUT2D eigenvalue weighted by molar-refractivity contribution is 4.88. The van der Waals surface area contributed by atoms with Crippen LogP contribution in [0.4, 0.5) is 0 Å². The lowest BCUT2D eigenvalue weighted by Gasteiger charge is -2.41. The highest BCUT2D eigenvalue weighted by Crippen LogP contribution is 2.37. The summed E-state index contributed by atoms with van der Waals surface area (Å²) in [6, 6.07) is 1.51. The van der Waals surface area contributed by atoms with Gasteiger partial charge < -0.3 is 5.32 Å². The van der Waals surface area contributed by atoms with Crippen LogP contribution in [0, 0.1) is 11.8 Å². The van der Waals surface area contributed by atoms with E-state index in [-0.39, 0.29) is 0 Å². The van der Waals surface area contributed by atoms with Gasteiger partial charge in [0.15, 0.2) is 0 Å². The number of piperazine rings is 1. The van der Waals surface area contributed by atoms with E-state index in [2.05, 4.69) is 31.0 Å². The molecule has 1 N–H and O–H groups in total. The maximum atomic E-state index is 3.68. The molecule has 3 unspecified atom stereocenters. The lowest BCUT2D eigenvalue weighted by molar-refractivity contribution is 0.104. The van der Waals surface area contributed by atoms with Crippen LogP contribution in [0.25, 0.3) is 0 Å². The molecule has 94 valence electrons. The zero-order chi connectivity index (χ0) is 11.5. The van der Waals surface area contributed by atoms with E-state index in [1.54, 1.807) is 0 Å². The molecule has 0 aromatic heterocycles. The Labute approximate surface area is 101 Å². The second-order valence-corrected chi connectivity index (χ2v) is 5.84. The normalized spacial score (nSPS) is 33.9. The zero-order valence-corrected chi connectivity index (χ0v) is 11.2. The molecule has 2 fully saturated rings. The van der Waals surface area contributed by atoms with Gasteiger partial charge in [0.25, 0.3) is 0 Å². The first kappa shape index (κ1) is 12.4.